The summed E-state index contributed by atoms with van der Waals surface area (Å²) in [5, 5.41) is 14.2. The summed E-state index contributed by atoms with van der Waals surface area (Å²) in [5.41, 5.74) is 0.653. The van der Waals surface area contributed by atoms with Crippen LogP contribution in [0.4, 0.5) is 8.78 Å². The molecule has 2 aromatic carbocycles. The molecule has 148 valence electrons. The summed E-state index contributed by atoms with van der Waals surface area (Å²) < 4.78 is 27.2. The second-order valence-corrected chi connectivity index (χ2v) is 6.27. The number of carbonyl (C=O) groups is 3. The molecule has 28 heavy (non-hydrogen) atoms. The van der Waals surface area contributed by atoms with Crippen molar-refractivity contribution in [1.82, 2.24) is 10.6 Å². The average Bonchev–Trinajstić information content (AvgIpc) is 2.61. The second kappa shape index (κ2) is 9.59. The zero-order chi connectivity index (χ0) is 20.7. The Labute approximate surface area is 160 Å². The number of carbonyl (C=O) groups excluding carboxylic acids is 2. The van der Waals surface area contributed by atoms with E-state index in [4.69, 9.17) is 0 Å². The van der Waals surface area contributed by atoms with Gasteiger partial charge in [0, 0.05) is 25.0 Å². The molecule has 3 N–H and O–H groups in total. The SMILES string of the molecule is CC(=O)NC(CC(=O)N[C@H](Cc1ccccc1)C(=O)O)c1ccc(F)cc1F. The maximum atomic E-state index is 14.1. The highest BCUT2D eigenvalue weighted by molar-refractivity contribution is 5.84. The van der Waals surface area contributed by atoms with Gasteiger partial charge in [0.2, 0.25) is 11.8 Å². The van der Waals surface area contributed by atoms with Gasteiger partial charge in [0.25, 0.3) is 0 Å². The second-order valence-electron chi connectivity index (χ2n) is 6.27. The molecule has 0 bridgehead atoms. The Balaban J connectivity index is 2.12. The van der Waals surface area contributed by atoms with Crippen LogP contribution in [0.5, 0.6) is 0 Å². The first-order valence-electron chi connectivity index (χ1n) is 8.54. The van der Waals surface area contributed by atoms with Gasteiger partial charge in [-0.3, -0.25) is 9.59 Å². The Morgan fingerprint density at radius 3 is 2.29 bits per heavy atom. The molecule has 0 aliphatic carbocycles. The predicted molar refractivity (Wildman–Crippen MR) is 97.2 cm³/mol. The van der Waals surface area contributed by atoms with Gasteiger partial charge in [0.15, 0.2) is 0 Å². The number of halogens is 2. The van der Waals surface area contributed by atoms with E-state index in [2.05, 4.69) is 10.6 Å². The van der Waals surface area contributed by atoms with Gasteiger partial charge in [-0.15, -0.1) is 0 Å². The van der Waals surface area contributed by atoms with E-state index in [1.54, 1.807) is 30.3 Å². The maximum absolute atomic E-state index is 14.1. The molecule has 0 aliphatic rings. The highest BCUT2D eigenvalue weighted by Gasteiger charge is 2.25. The lowest BCUT2D eigenvalue weighted by atomic mass is 10.0. The Kier molecular flexibility index (Phi) is 7.20. The molecule has 0 saturated carbocycles. The van der Waals surface area contributed by atoms with Gasteiger partial charge in [-0.2, -0.15) is 0 Å². The van der Waals surface area contributed by atoms with E-state index in [-0.39, 0.29) is 12.0 Å². The first-order chi connectivity index (χ1) is 13.3. The molecule has 0 aliphatic heterocycles. The van der Waals surface area contributed by atoms with Gasteiger partial charge in [-0.1, -0.05) is 36.4 Å². The molecule has 0 saturated heterocycles. The smallest absolute Gasteiger partial charge is 0.326 e. The molecule has 0 fully saturated rings. The molecular weight excluding hydrogens is 370 g/mol. The normalized spacial score (nSPS) is 12.7. The molecule has 0 spiro atoms. The van der Waals surface area contributed by atoms with Crippen molar-refractivity contribution in [3.63, 3.8) is 0 Å². The van der Waals surface area contributed by atoms with Crippen molar-refractivity contribution >= 4 is 17.8 Å². The molecule has 6 nitrogen and oxygen atoms in total. The number of benzene rings is 2. The number of carboxylic acid groups (broad SMARTS) is 1. The van der Waals surface area contributed by atoms with Crippen LogP contribution >= 0.6 is 0 Å². The fourth-order valence-electron chi connectivity index (χ4n) is 2.76. The molecule has 2 atom stereocenters. The minimum absolute atomic E-state index is 0.0671. The zero-order valence-electron chi connectivity index (χ0n) is 15.1. The Bertz CT molecular complexity index is 859. The molecule has 2 amide bonds. The van der Waals surface area contributed by atoms with E-state index in [0.29, 0.717) is 6.07 Å². The van der Waals surface area contributed by atoms with Crippen LogP contribution in [-0.2, 0) is 20.8 Å². The third-order valence-electron chi connectivity index (χ3n) is 4.02. The molecule has 2 aromatic rings. The molecule has 1 unspecified atom stereocenters. The van der Waals surface area contributed by atoms with Gasteiger partial charge in [0.1, 0.15) is 17.7 Å². The van der Waals surface area contributed by atoms with Crippen LogP contribution in [0, 0.1) is 11.6 Å². The highest BCUT2D eigenvalue weighted by atomic mass is 19.1. The minimum atomic E-state index is -1.22. The monoisotopic (exact) mass is 390 g/mol. The van der Waals surface area contributed by atoms with E-state index in [9.17, 15) is 28.3 Å². The lowest BCUT2D eigenvalue weighted by Crippen LogP contribution is -2.43. The highest BCUT2D eigenvalue weighted by Crippen LogP contribution is 2.21. The number of rotatable bonds is 8. The Morgan fingerprint density at radius 1 is 1.04 bits per heavy atom. The van der Waals surface area contributed by atoms with Gasteiger partial charge in [-0.25, -0.2) is 13.6 Å². The standard InChI is InChI=1S/C20H20F2N2O4/c1-12(25)23-17(15-8-7-14(21)10-16(15)22)11-19(26)24-18(20(27)28)9-13-5-3-2-4-6-13/h2-8,10,17-18H,9,11H2,1H3,(H,23,25)(H,24,26)(H,27,28)/t17?,18-/m1/s1. The summed E-state index contributed by atoms with van der Waals surface area (Å²) in [6.07, 6.45) is -0.335. The van der Waals surface area contributed by atoms with Crippen molar-refractivity contribution in [3.05, 3.63) is 71.3 Å². The van der Waals surface area contributed by atoms with Crippen LogP contribution in [-0.4, -0.2) is 28.9 Å². The van der Waals surface area contributed by atoms with Crippen LogP contribution in [0.15, 0.2) is 48.5 Å². The van der Waals surface area contributed by atoms with E-state index in [1.165, 1.54) is 6.92 Å². The summed E-state index contributed by atoms with van der Waals surface area (Å²) in [5.74, 6) is -4.13. The Hall–Kier alpha value is -3.29. The number of carboxylic acids is 1. The molecule has 0 radical (unpaired) electrons. The number of amides is 2. The summed E-state index contributed by atoms with van der Waals surface area (Å²) in [4.78, 5) is 35.3. The van der Waals surface area contributed by atoms with E-state index < -0.39 is 47.9 Å². The van der Waals surface area contributed by atoms with Crippen LogP contribution in [0.2, 0.25) is 0 Å². The number of aliphatic carboxylic acids is 1. The molecule has 8 heteroatoms. The van der Waals surface area contributed by atoms with Crippen molar-refractivity contribution < 1.29 is 28.3 Å². The summed E-state index contributed by atoms with van der Waals surface area (Å²) in [6.45, 7) is 1.20. The lowest BCUT2D eigenvalue weighted by Gasteiger charge is -2.20. The lowest BCUT2D eigenvalue weighted by molar-refractivity contribution is -0.142. The zero-order valence-corrected chi connectivity index (χ0v) is 15.1. The van der Waals surface area contributed by atoms with Crippen molar-refractivity contribution in [2.24, 2.45) is 0 Å². The fraction of sp³-hybridized carbons (Fsp3) is 0.250. The Morgan fingerprint density at radius 2 is 1.71 bits per heavy atom. The molecule has 2 rings (SSSR count). The van der Waals surface area contributed by atoms with Gasteiger partial charge >= 0.3 is 5.97 Å². The first kappa shape index (κ1) is 21.0. The van der Waals surface area contributed by atoms with Gasteiger partial charge < -0.3 is 15.7 Å². The number of hydrogen-bond acceptors (Lipinski definition) is 3. The van der Waals surface area contributed by atoms with Crippen molar-refractivity contribution in [1.29, 1.82) is 0 Å². The first-order valence-corrected chi connectivity index (χ1v) is 8.54. The van der Waals surface area contributed by atoms with E-state index in [1.807, 2.05) is 0 Å². The van der Waals surface area contributed by atoms with Crippen molar-refractivity contribution in [2.45, 2.75) is 31.8 Å². The fourth-order valence-corrected chi connectivity index (χ4v) is 2.76. The number of hydrogen-bond donors (Lipinski definition) is 3. The van der Waals surface area contributed by atoms with Crippen LogP contribution in [0.1, 0.15) is 30.5 Å². The number of nitrogens with one attached hydrogen (secondary N) is 2. The maximum Gasteiger partial charge on any atom is 0.326 e. The summed E-state index contributed by atoms with van der Waals surface area (Å²) in [6, 6.07) is 9.30. The molecule has 0 heterocycles. The van der Waals surface area contributed by atoms with Crippen molar-refractivity contribution in [3.8, 4) is 0 Å². The average molecular weight is 390 g/mol. The molecule has 0 aromatic heterocycles. The third kappa shape index (κ3) is 6.15. The molecular formula is C20H20F2N2O4. The van der Waals surface area contributed by atoms with E-state index in [0.717, 1.165) is 17.7 Å². The largest absolute Gasteiger partial charge is 0.480 e. The topological polar surface area (TPSA) is 95.5 Å². The van der Waals surface area contributed by atoms with Crippen LogP contribution in [0.25, 0.3) is 0 Å². The predicted octanol–water partition coefficient (Wildman–Crippen LogP) is 2.34. The summed E-state index contributed by atoms with van der Waals surface area (Å²) in [7, 11) is 0. The minimum Gasteiger partial charge on any atom is -0.480 e. The van der Waals surface area contributed by atoms with Gasteiger partial charge in [0.05, 0.1) is 12.5 Å². The van der Waals surface area contributed by atoms with E-state index >= 15 is 0 Å². The quantitative estimate of drug-likeness (QED) is 0.645. The third-order valence-corrected chi connectivity index (χ3v) is 4.02. The van der Waals surface area contributed by atoms with Gasteiger partial charge in [-0.05, 0) is 11.6 Å². The van der Waals surface area contributed by atoms with Crippen LogP contribution in [0.3, 0.4) is 0 Å². The van der Waals surface area contributed by atoms with Crippen molar-refractivity contribution in [2.75, 3.05) is 0 Å². The summed E-state index contributed by atoms with van der Waals surface area (Å²) >= 11 is 0. The van der Waals surface area contributed by atoms with Crippen LogP contribution < -0.4 is 10.6 Å².